The number of aryl methyl sites for hydroxylation is 1. The van der Waals surface area contributed by atoms with Crippen molar-refractivity contribution >= 4 is 44.9 Å². The number of anilines is 1. The number of hydrogen-bond acceptors (Lipinski definition) is 4. The van der Waals surface area contributed by atoms with Crippen LogP contribution in [0.3, 0.4) is 0 Å². The molecule has 0 saturated carbocycles. The van der Waals surface area contributed by atoms with E-state index in [0.29, 0.717) is 16.4 Å². The highest BCUT2D eigenvalue weighted by Gasteiger charge is 2.24. The van der Waals surface area contributed by atoms with Gasteiger partial charge >= 0.3 is 5.82 Å². The largest absolute Gasteiger partial charge is 0.404 e. The highest BCUT2D eigenvalue weighted by Crippen LogP contribution is 2.27. The number of rotatable bonds is 4. The number of nitro groups is 1. The Balaban J connectivity index is 2.17. The zero-order valence-electron chi connectivity index (χ0n) is 11.8. The first-order valence-corrected chi connectivity index (χ1v) is 7.40. The van der Waals surface area contributed by atoms with Crippen molar-refractivity contribution in [3.05, 3.63) is 49.1 Å². The van der Waals surface area contributed by atoms with Crippen molar-refractivity contribution in [2.24, 2.45) is 0 Å². The number of nitrogens with zero attached hydrogens (tertiary/aromatic N) is 3. The molecule has 1 amide bonds. The van der Waals surface area contributed by atoms with Crippen LogP contribution in [-0.2, 0) is 11.3 Å². The molecule has 116 valence electrons. The Morgan fingerprint density at radius 3 is 2.77 bits per heavy atom. The maximum atomic E-state index is 12.1. The fourth-order valence-electron chi connectivity index (χ4n) is 1.83. The zero-order valence-corrected chi connectivity index (χ0v) is 14.1. The fraction of sp³-hybridized carbons (Fsp3) is 0.231. The van der Waals surface area contributed by atoms with Crippen LogP contribution < -0.4 is 5.32 Å². The summed E-state index contributed by atoms with van der Waals surface area (Å²) in [6, 6.07) is 5.16. The lowest BCUT2D eigenvalue weighted by molar-refractivity contribution is -0.390. The summed E-state index contributed by atoms with van der Waals surface area (Å²) >= 11 is 9.00. The molecule has 7 nitrogen and oxygen atoms in total. The van der Waals surface area contributed by atoms with Gasteiger partial charge in [-0.25, -0.2) is 0 Å². The van der Waals surface area contributed by atoms with Crippen molar-refractivity contribution in [3.63, 3.8) is 0 Å². The summed E-state index contributed by atoms with van der Waals surface area (Å²) in [5.74, 6) is -0.664. The van der Waals surface area contributed by atoms with Gasteiger partial charge in [-0.05, 0) is 52.4 Å². The van der Waals surface area contributed by atoms with E-state index in [0.717, 1.165) is 5.56 Å². The summed E-state index contributed by atoms with van der Waals surface area (Å²) in [7, 11) is 0. The lowest BCUT2D eigenvalue weighted by atomic mass is 10.2. The molecule has 0 atom stereocenters. The van der Waals surface area contributed by atoms with Crippen LogP contribution in [0.5, 0.6) is 0 Å². The summed E-state index contributed by atoms with van der Waals surface area (Å²) in [5.41, 5.74) is 1.96. The van der Waals surface area contributed by atoms with Crippen molar-refractivity contribution in [3.8, 4) is 0 Å². The molecule has 0 saturated heterocycles. The number of benzene rings is 1. The number of aromatic nitrogens is 2. The predicted octanol–water partition coefficient (Wildman–Crippen LogP) is 3.46. The van der Waals surface area contributed by atoms with Gasteiger partial charge in [-0.2, -0.15) is 4.68 Å². The van der Waals surface area contributed by atoms with E-state index in [1.54, 1.807) is 25.1 Å². The quantitative estimate of drug-likeness (QED) is 0.642. The summed E-state index contributed by atoms with van der Waals surface area (Å²) < 4.78 is 1.54. The van der Waals surface area contributed by atoms with Gasteiger partial charge < -0.3 is 15.4 Å². The summed E-state index contributed by atoms with van der Waals surface area (Å²) in [5, 5.41) is 17.9. The number of hydrogen-bond donors (Lipinski definition) is 1. The first-order chi connectivity index (χ1) is 10.3. The summed E-state index contributed by atoms with van der Waals surface area (Å²) in [6.45, 7) is 3.35. The van der Waals surface area contributed by atoms with Gasteiger partial charge in [0.1, 0.15) is 11.0 Å². The van der Waals surface area contributed by atoms with Gasteiger partial charge in [0.05, 0.1) is 10.8 Å². The van der Waals surface area contributed by atoms with Crippen molar-refractivity contribution in [1.82, 2.24) is 9.78 Å². The minimum atomic E-state index is -0.605. The summed E-state index contributed by atoms with van der Waals surface area (Å²) in [6.07, 6.45) is 0. The Hall–Kier alpha value is -1.93. The lowest BCUT2D eigenvalue weighted by Crippen LogP contribution is -2.20. The molecule has 2 rings (SSSR count). The van der Waals surface area contributed by atoms with Crippen LogP contribution in [0.4, 0.5) is 11.5 Å². The van der Waals surface area contributed by atoms with Crippen molar-refractivity contribution in [2.45, 2.75) is 20.4 Å². The van der Waals surface area contributed by atoms with Crippen LogP contribution in [-0.4, -0.2) is 20.6 Å². The topological polar surface area (TPSA) is 90.1 Å². The van der Waals surface area contributed by atoms with E-state index in [1.165, 1.54) is 4.68 Å². The highest BCUT2D eigenvalue weighted by molar-refractivity contribution is 9.10. The highest BCUT2D eigenvalue weighted by atomic mass is 79.9. The fourth-order valence-corrected chi connectivity index (χ4v) is 2.43. The second-order valence-electron chi connectivity index (χ2n) is 4.65. The van der Waals surface area contributed by atoms with Gasteiger partial charge in [0, 0.05) is 10.7 Å². The standard InChI is InChI=1S/C13H12BrClN4O3/c1-7-3-4-9(15)5-10(7)16-11(20)6-18-8(2)12(14)13(17-18)19(21)22/h3-5H,6H2,1-2H3,(H,16,20). The van der Waals surface area contributed by atoms with E-state index >= 15 is 0 Å². The number of carbonyl (C=O) groups is 1. The third-order valence-corrected chi connectivity index (χ3v) is 4.22. The van der Waals surface area contributed by atoms with Crippen LogP contribution in [0, 0.1) is 24.0 Å². The number of carbonyl (C=O) groups excluding carboxylic acids is 1. The molecule has 1 N–H and O–H groups in total. The Kier molecular flexibility index (Phi) is 4.82. The molecule has 0 unspecified atom stereocenters. The second-order valence-corrected chi connectivity index (χ2v) is 5.87. The number of halogens is 2. The number of nitrogens with one attached hydrogen (secondary N) is 1. The number of amides is 1. The molecule has 0 spiro atoms. The van der Waals surface area contributed by atoms with E-state index in [4.69, 9.17) is 11.6 Å². The van der Waals surface area contributed by atoms with E-state index in [-0.39, 0.29) is 22.7 Å². The Morgan fingerprint density at radius 2 is 2.18 bits per heavy atom. The molecule has 0 aliphatic rings. The second kappa shape index (κ2) is 6.45. The van der Waals surface area contributed by atoms with Gasteiger partial charge in [0.25, 0.3) is 0 Å². The Morgan fingerprint density at radius 1 is 1.50 bits per heavy atom. The van der Waals surface area contributed by atoms with Crippen molar-refractivity contribution in [1.29, 1.82) is 0 Å². The Bertz CT molecular complexity index is 760. The van der Waals surface area contributed by atoms with Gasteiger partial charge in [-0.3, -0.25) is 4.79 Å². The van der Waals surface area contributed by atoms with Crippen LogP contribution in [0.1, 0.15) is 11.3 Å². The molecule has 0 bridgehead atoms. The molecule has 1 aromatic heterocycles. The molecule has 0 aliphatic heterocycles. The monoisotopic (exact) mass is 386 g/mol. The van der Waals surface area contributed by atoms with Crippen LogP contribution >= 0.6 is 27.5 Å². The molecule has 2 aromatic rings. The SMILES string of the molecule is Cc1ccc(Cl)cc1NC(=O)Cn1nc([N+](=O)[O-])c(Br)c1C. The average Bonchev–Trinajstić information content (AvgIpc) is 2.71. The average molecular weight is 388 g/mol. The van der Waals surface area contributed by atoms with Crippen LogP contribution in [0.15, 0.2) is 22.7 Å². The van der Waals surface area contributed by atoms with E-state index in [9.17, 15) is 14.9 Å². The Labute approximate surface area is 139 Å². The van der Waals surface area contributed by atoms with Gasteiger partial charge in [-0.1, -0.05) is 17.7 Å². The molecule has 0 aliphatic carbocycles. The van der Waals surface area contributed by atoms with E-state index in [1.807, 2.05) is 6.92 Å². The van der Waals surface area contributed by atoms with Crippen LogP contribution in [0.25, 0.3) is 0 Å². The minimum Gasteiger partial charge on any atom is -0.358 e. The maximum Gasteiger partial charge on any atom is 0.404 e. The molecule has 0 radical (unpaired) electrons. The van der Waals surface area contributed by atoms with Gasteiger partial charge in [0.2, 0.25) is 5.91 Å². The molecule has 22 heavy (non-hydrogen) atoms. The van der Waals surface area contributed by atoms with Gasteiger partial charge in [0.15, 0.2) is 0 Å². The normalized spacial score (nSPS) is 10.5. The molecule has 0 fully saturated rings. The lowest BCUT2D eigenvalue weighted by Gasteiger charge is -2.08. The van der Waals surface area contributed by atoms with Crippen LogP contribution in [0.2, 0.25) is 5.02 Å². The third kappa shape index (κ3) is 3.45. The molecule has 1 heterocycles. The minimum absolute atomic E-state index is 0.135. The molecular formula is C13H12BrClN4O3. The molecular weight excluding hydrogens is 376 g/mol. The predicted molar refractivity (Wildman–Crippen MR) is 86.1 cm³/mol. The molecule has 9 heteroatoms. The maximum absolute atomic E-state index is 12.1. The zero-order chi connectivity index (χ0) is 16.4. The van der Waals surface area contributed by atoms with E-state index in [2.05, 4.69) is 26.3 Å². The molecule has 1 aromatic carbocycles. The van der Waals surface area contributed by atoms with Crippen molar-refractivity contribution < 1.29 is 9.72 Å². The summed E-state index contributed by atoms with van der Waals surface area (Å²) in [4.78, 5) is 22.3. The first-order valence-electron chi connectivity index (χ1n) is 6.23. The van der Waals surface area contributed by atoms with Crippen molar-refractivity contribution in [2.75, 3.05) is 5.32 Å². The van der Waals surface area contributed by atoms with Gasteiger partial charge in [-0.15, -0.1) is 0 Å². The third-order valence-electron chi connectivity index (χ3n) is 3.06. The first kappa shape index (κ1) is 16.4. The smallest absolute Gasteiger partial charge is 0.358 e. The van der Waals surface area contributed by atoms with E-state index < -0.39 is 4.92 Å².